The molecule has 168 valence electrons. The number of hydrogen-bond donors (Lipinski definition) is 2. The molecule has 2 aliphatic rings. The number of aliphatic hydroxyl groups excluding tert-OH is 2. The summed E-state index contributed by atoms with van der Waals surface area (Å²) in [7, 11) is 0. The Hall–Kier alpha value is -1.53. The molecule has 1 saturated carbocycles. The molecule has 0 radical (unpaired) electrons. The molecule has 0 spiro atoms. The summed E-state index contributed by atoms with van der Waals surface area (Å²) in [6, 6.07) is 13.8. The Kier molecular flexibility index (Phi) is 6.42. The molecule has 1 saturated heterocycles. The maximum absolute atomic E-state index is 13.6. The SMILES string of the molecule is CC1(c2ccc(Cc3cc([C@@H]4OCC(O)CC4O)ccc3Cl)cc2)CCC(F)(F)CC1. The molecule has 2 fully saturated rings. The Morgan fingerprint density at radius 1 is 1.03 bits per heavy atom. The lowest BCUT2D eigenvalue weighted by Gasteiger charge is -2.37. The number of ether oxygens (including phenoxy) is 1. The fourth-order valence-electron chi connectivity index (χ4n) is 4.72. The van der Waals surface area contributed by atoms with E-state index in [0.29, 0.717) is 24.3 Å². The predicted molar refractivity (Wildman–Crippen MR) is 117 cm³/mol. The third kappa shape index (κ3) is 5.11. The number of benzene rings is 2. The minimum atomic E-state index is -2.53. The van der Waals surface area contributed by atoms with Crippen LogP contribution in [0.5, 0.6) is 0 Å². The van der Waals surface area contributed by atoms with Crippen molar-refractivity contribution in [3.8, 4) is 0 Å². The van der Waals surface area contributed by atoms with E-state index in [1.54, 1.807) is 0 Å². The van der Waals surface area contributed by atoms with Crippen LogP contribution in [-0.2, 0) is 16.6 Å². The van der Waals surface area contributed by atoms with Crippen LogP contribution in [0.15, 0.2) is 42.5 Å². The Morgan fingerprint density at radius 3 is 2.35 bits per heavy atom. The van der Waals surface area contributed by atoms with Crippen molar-refractivity contribution >= 4 is 11.6 Å². The summed E-state index contributed by atoms with van der Waals surface area (Å²) in [6.07, 6.45) is -0.112. The highest BCUT2D eigenvalue weighted by atomic mass is 35.5. The van der Waals surface area contributed by atoms with Gasteiger partial charge in [-0.1, -0.05) is 54.9 Å². The Labute approximate surface area is 187 Å². The van der Waals surface area contributed by atoms with Gasteiger partial charge in [-0.3, -0.25) is 0 Å². The highest BCUT2D eigenvalue weighted by Crippen LogP contribution is 2.45. The first-order valence-corrected chi connectivity index (χ1v) is 11.3. The predicted octanol–water partition coefficient (Wildman–Crippen LogP) is 5.58. The lowest BCUT2D eigenvalue weighted by molar-refractivity contribution is -0.125. The second kappa shape index (κ2) is 8.78. The zero-order valence-electron chi connectivity index (χ0n) is 17.7. The fourth-order valence-corrected chi connectivity index (χ4v) is 4.91. The van der Waals surface area contributed by atoms with E-state index in [2.05, 4.69) is 6.92 Å². The van der Waals surface area contributed by atoms with Crippen LogP contribution in [-0.4, -0.2) is 35.0 Å². The van der Waals surface area contributed by atoms with E-state index in [9.17, 15) is 19.0 Å². The Balaban J connectivity index is 1.48. The summed E-state index contributed by atoms with van der Waals surface area (Å²) >= 11 is 6.43. The van der Waals surface area contributed by atoms with Crippen molar-refractivity contribution in [2.24, 2.45) is 0 Å². The maximum atomic E-state index is 13.6. The molecule has 0 aromatic heterocycles. The molecule has 0 bridgehead atoms. The molecule has 1 aliphatic heterocycles. The van der Waals surface area contributed by atoms with Crippen LogP contribution in [0.4, 0.5) is 8.78 Å². The number of aliphatic hydroxyl groups is 2. The van der Waals surface area contributed by atoms with Crippen molar-refractivity contribution in [2.45, 2.75) is 75.1 Å². The van der Waals surface area contributed by atoms with Crippen molar-refractivity contribution in [3.63, 3.8) is 0 Å². The highest BCUT2D eigenvalue weighted by molar-refractivity contribution is 6.31. The highest BCUT2D eigenvalue weighted by Gasteiger charge is 2.41. The van der Waals surface area contributed by atoms with Gasteiger partial charge < -0.3 is 14.9 Å². The van der Waals surface area contributed by atoms with Crippen molar-refractivity contribution in [1.82, 2.24) is 0 Å². The van der Waals surface area contributed by atoms with Gasteiger partial charge >= 0.3 is 0 Å². The first-order chi connectivity index (χ1) is 14.7. The molecule has 2 unspecified atom stereocenters. The van der Waals surface area contributed by atoms with Gasteiger partial charge in [-0.05, 0) is 53.0 Å². The number of alkyl halides is 2. The molecule has 31 heavy (non-hydrogen) atoms. The van der Waals surface area contributed by atoms with E-state index in [1.165, 1.54) is 0 Å². The van der Waals surface area contributed by atoms with E-state index in [1.807, 2.05) is 42.5 Å². The zero-order valence-corrected chi connectivity index (χ0v) is 18.4. The second-order valence-electron chi connectivity index (χ2n) is 9.35. The van der Waals surface area contributed by atoms with E-state index >= 15 is 0 Å². The number of hydrogen-bond acceptors (Lipinski definition) is 3. The van der Waals surface area contributed by atoms with Gasteiger partial charge in [0.2, 0.25) is 5.92 Å². The summed E-state index contributed by atoms with van der Waals surface area (Å²) in [5.74, 6) is -2.53. The lowest BCUT2D eigenvalue weighted by Crippen LogP contribution is -2.35. The number of halogens is 3. The summed E-state index contributed by atoms with van der Waals surface area (Å²) in [4.78, 5) is 0. The second-order valence-corrected chi connectivity index (χ2v) is 9.76. The molecule has 2 aromatic rings. The van der Waals surface area contributed by atoms with E-state index < -0.39 is 24.2 Å². The summed E-state index contributed by atoms with van der Waals surface area (Å²) in [6.45, 7) is 2.27. The molecule has 3 atom stereocenters. The van der Waals surface area contributed by atoms with Crippen LogP contribution in [0.25, 0.3) is 0 Å². The van der Waals surface area contributed by atoms with Crippen LogP contribution >= 0.6 is 11.6 Å². The number of rotatable bonds is 4. The quantitative estimate of drug-likeness (QED) is 0.639. The molecule has 1 heterocycles. The van der Waals surface area contributed by atoms with Crippen LogP contribution in [0.2, 0.25) is 5.02 Å². The van der Waals surface area contributed by atoms with Crippen molar-refractivity contribution in [2.75, 3.05) is 6.61 Å². The third-order valence-corrected chi connectivity index (χ3v) is 7.23. The maximum Gasteiger partial charge on any atom is 0.248 e. The van der Waals surface area contributed by atoms with E-state index in [-0.39, 0.29) is 31.3 Å². The van der Waals surface area contributed by atoms with Gasteiger partial charge in [0.1, 0.15) is 6.10 Å². The van der Waals surface area contributed by atoms with E-state index in [0.717, 1.165) is 22.3 Å². The molecule has 0 amide bonds. The Morgan fingerprint density at radius 2 is 1.71 bits per heavy atom. The standard InChI is InChI=1S/C25H29ClF2O3/c1-24(8-10-25(27,28)11-9-24)19-5-2-16(3-6-19)12-18-13-17(4-7-21(18)26)23-22(30)14-20(29)15-31-23/h2-7,13,20,22-23,29-30H,8-12,14-15H2,1H3/t20?,22?,23-/m0/s1. The van der Waals surface area contributed by atoms with Crippen molar-refractivity contribution < 1.29 is 23.7 Å². The fraction of sp³-hybridized carbons (Fsp3) is 0.520. The molecule has 4 rings (SSSR count). The van der Waals surface area contributed by atoms with Gasteiger partial charge in [-0.25, -0.2) is 8.78 Å². The monoisotopic (exact) mass is 450 g/mol. The van der Waals surface area contributed by atoms with Crippen LogP contribution in [0.1, 0.15) is 67.4 Å². The van der Waals surface area contributed by atoms with Gasteiger partial charge in [-0.2, -0.15) is 0 Å². The van der Waals surface area contributed by atoms with Gasteiger partial charge in [-0.15, -0.1) is 0 Å². The average Bonchev–Trinajstić information content (AvgIpc) is 2.73. The molecule has 2 N–H and O–H groups in total. The van der Waals surface area contributed by atoms with Crippen LogP contribution in [0, 0.1) is 0 Å². The average molecular weight is 451 g/mol. The molecule has 6 heteroatoms. The first-order valence-electron chi connectivity index (χ1n) is 10.9. The molecule has 3 nitrogen and oxygen atoms in total. The summed E-state index contributed by atoms with van der Waals surface area (Å²) < 4.78 is 32.8. The minimum absolute atomic E-state index is 0.0558. The van der Waals surface area contributed by atoms with Gasteiger partial charge in [0.15, 0.2) is 0 Å². The normalized spacial score (nSPS) is 27.7. The third-order valence-electron chi connectivity index (χ3n) is 6.86. The Bertz CT molecular complexity index is 905. The minimum Gasteiger partial charge on any atom is -0.391 e. The lowest BCUT2D eigenvalue weighted by atomic mass is 9.70. The zero-order chi connectivity index (χ0) is 22.2. The van der Waals surface area contributed by atoms with Gasteiger partial charge in [0.05, 0.1) is 18.8 Å². The topological polar surface area (TPSA) is 49.7 Å². The van der Waals surface area contributed by atoms with Crippen molar-refractivity contribution in [3.05, 3.63) is 69.7 Å². The summed E-state index contributed by atoms with van der Waals surface area (Å²) in [5.41, 5.74) is 3.73. The largest absolute Gasteiger partial charge is 0.391 e. The first kappa shape index (κ1) is 22.7. The smallest absolute Gasteiger partial charge is 0.248 e. The van der Waals surface area contributed by atoms with Gasteiger partial charge in [0, 0.05) is 24.3 Å². The molecule has 1 aliphatic carbocycles. The van der Waals surface area contributed by atoms with Crippen LogP contribution in [0.3, 0.4) is 0 Å². The molecular weight excluding hydrogens is 422 g/mol. The van der Waals surface area contributed by atoms with Gasteiger partial charge in [0.25, 0.3) is 0 Å². The molecular formula is C25H29ClF2O3. The van der Waals surface area contributed by atoms with Crippen LogP contribution < -0.4 is 0 Å². The van der Waals surface area contributed by atoms with Crippen molar-refractivity contribution in [1.29, 1.82) is 0 Å². The van der Waals surface area contributed by atoms with E-state index in [4.69, 9.17) is 16.3 Å². The summed E-state index contributed by atoms with van der Waals surface area (Å²) in [5, 5.41) is 20.6. The molecule has 2 aromatic carbocycles.